The smallest absolute Gasteiger partial charge is 0.439 e. The number of hydrogen-bond donors (Lipinski definition) is 0. The molecule has 0 spiro atoms. The molecule has 0 aromatic carbocycles. The summed E-state index contributed by atoms with van der Waals surface area (Å²) in [4.78, 5) is 37.1. The molecule has 28 heavy (non-hydrogen) atoms. The van der Waals surface area contributed by atoms with Crippen LogP contribution in [-0.4, -0.2) is 73.5 Å². The third-order valence-corrected chi connectivity index (χ3v) is 3.80. The number of thioether (sulfide) groups is 1. The topological polar surface area (TPSA) is 100 Å². The van der Waals surface area contributed by atoms with Crippen molar-refractivity contribution in [2.45, 2.75) is 52.2 Å². The number of carbonyl (C=O) groups is 3. The Morgan fingerprint density at radius 3 is 2.04 bits per heavy atom. The summed E-state index contributed by atoms with van der Waals surface area (Å²) in [7, 11) is 0. The van der Waals surface area contributed by atoms with E-state index in [0.717, 1.165) is 20.8 Å². The van der Waals surface area contributed by atoms with Gasteiger partial charge in [-0.2, -0.15) is 13.2 Å². The van der Waals surface area contributed by atoms with E-state index < -0.39 is 47.4 Å². The minimum Gasteiger partial charge on any atom is -0.463 e. The van der Waals surface area contributed by atoms with Crippen molar-refractivity contribution in [1.82, 2.24) is 0 Å². The van der Waals surface area contributed by atoms with Crippen molar-refractivity contribution in [2.75, 3.05) is 26.0 Å². The number of nitrogens with zero attached hydrogens (tertiary/aromatic N) is 1. The van der Waals surface area contributed by atoms with Crippen molar-refractivity contribution in [3.05, 3.63) is 0 Å². The molecule has 0 N–H and O–H groups in total. The summed E-state index contributed by atoms with van der Waals surface area (Å²) in [5, 5.41) is -1.02. The molecule has 0 heterocycles. The van der Waals surface area contributed by atoms with Gasteiger partial charge in [-0.3, -0.25) is 19.4 Å². The maximum Gasteiger partial charge on any atom is 0.439 e. The van der Waals surface area contributed by atoms with Crippen molar-refractivity contribution >= 4 is 34.7 Å². The highest BCUT2D eigenvalue weighted by Crippen LogP contribution is 2.23. The molecular formula is C16H24F3NO7S. The molecular weight excluding hydrogens is 407 g/mol. The SMILES string of the molecule is CSC(=NCCO[C@H](COC(C)=O)[C@@H](OC(C)=O)[C@@H](C)OC(C)=O)C(F)(F)F. The number of hydrogen-bond acceptors (Lipinski definition) is 9. The van der Waals surface area contributed by atoms with Crippen LogP contribution in [0.3, 0.4) is 0 Å². The van der Waals surface area contributed by atoms with E-state index in [4.69, 9.17) is 18.9 Å². The minimum atomic E-state index is -4.57. The Kier molecular flexibility index (Phi) is 11.8. The molecule has 0 aromatic rings. The van der Waals surface area contributed by atoms with Crippen LogP contribution in [0.15, 0.2) is 4.99 Å². The fraction of sp³-hybridized carbons (Fsp3) is 0.750. The summed E-state index contributed by atoms with van der Waals surface area (Å²) in [6, 6.07) is 0. The Bertz CT molecular complexity index is 569. The quantitative estimate of drug-likeness (QED) is 0.171. The van der Waals surface area contributed by atoms with Gasteiger partial charge in [0.15, 0.2) is 11.1 Å². The Labute approximate surface area is 165 Å². The van der Waals surface area contributed by atoms with Gasteiger partial charge in [0.25, 0.3) is 0 Å². The zero-order chi connectivity index (χ0) is 21.9. The van der Waals surface area contributed by atoms with Crippen LogP contribution in [0.5, 0.6) is 0 Å². The minimum absolute atomic E-state index is 0.281. The number of ether oxygens (including phenoxy) is 4. The number of esters is 3. The molecule has 8 nitrogen and oxygen atoms in total. The van der Waals surface area contributed by atoms with E-state index in [9.17, 15) is 27.6 Å². The van der Waals surface area contributed by atoms with Gasteiger partial charge in [0.1, 0.15) is 18.8 Å². The molecule has 0 fully saturated rings. The fourth-order valence-corrected chi connectivity index (χ4v) is 2.50. The first-order valence-electron chi connectivity index (χ1n) is 8.13. The monoisotopic (exact) mass is 431 g/mol. The number of alkyl halides is 3. The molecule has 0 aromatic heterocycles. The van der Waals surface area contributed by atoms with Gasteiger partial charge in [-0.05, 0) is 13.2 Å². The molecule has 12 heteroatoms. The van der Waals surface area contributed by atoms with Crippen LogP contribution in [0, 0.1) is 0 Å². The molecule has 0 unspecified atom stereocenters. The second-order valence-electron chi connectivity index (χ2n) is 5.49. The molecule has 0 bridgehead atoms. The van der Waals surface area contributed by atoms with Gasteiger partial charge < -0.3 is 18.9 Å². The lowest BCUT2D eigenvalue weighted by Crippen LogP contribution is -2.45. The molecule has 0 saturated heterocycles. The molecule has 0 radical (unpaired) electrons. The van der Waals surface area contributed by atoms with Crippen molar-refractivity contribution in [3.8, 4) is 0 Å². The van der Waals surface area contributed by atoms with E-state index in [-0.39, 0.29) is 19.8 Å². The first-order chi connectivity index (χ1) is 12.9. The highest BCUT2D eigenvalue weighted by molar-refractivity contribution is 8.13. The van der Waals surface area contributed by atoms with E-state index in [1.54, 1.807) is 0 Å². The zero-order valence-corrected chi connectivity index (χ0v) is 17.0. The predicted molar refractivity (Wildman–Crippen MR) is 95.0 cm³/mol. The van der Waals surface area contributed by atoms with Crippen LogP contribution in [0.1, 0.15) is 27.7 Å². The molecule has 3 atom stereocenters. The van der Waals surface area contributed by atoms with Crippen LogP contribution in [0.25, 0.3) is 0 Å². The van der Waals surface area contributed by atoms with Crippen LogP contribution < -0.4 is 0 Å². The van der Waals surface area contributed by atoms with Gasteiger partial charge in [0.2, 0.25) is 0 Å². The van der Waals surface area contributed by atoms with Crippen LogP contribution in [0.4, 0.5) is 13.2 Å². The third-order valence-electron chi connectivity index (χ3n) is 3.05. The average Bonchev–Trinajstić information content (AvgIpc) is 2.53. The number of halogens is 3. The van der Waals surface area contributed by atoms with Gasteiger partial charge in [-0.15, -0.1) is 11.8 Å². The Hall–Kier alpha value is -1.82. The Morgan fingerprint density at radius 2 is 1.61 bits per heavy atom. The number of aliphatic imine (C=N–C) groups is 1. The summed E-state index contributed by atoms with van der Waals surface area (Å²) in [6.07, 6.45) is -6.51. The standard InChI is InChI=1S/C16H24F3NO7S/c1-9(26-11(3)22)14(27-12(4)23)13(8-25-10(2)21)24-7-6-20-15(28-5)16(17,18)19/h9,13-14H,6-8H2,1-5H3/t9-,13-,14+/m1/s1. The van der Waals surface area contributed by atoms with Gasteiger partial charge in [0.05, 0.1) is 13.2 Å². The van der Waals surface area contributed by atoms with E-state index in [0.29, 0.717) is 11.8 Å². The van der Waals surface area contributed by atoms with Gasteiger partial charge >= 0.3 is 24.1 Å². The first-order valence-corrected chi connectivity index (χ1v) is 9.36. The summed E-state index contributed by atoms with van der Waals surface area (Å²) >= 11 is 0.450. The average molecular weight is 431 g/mol. The normalized spacial score (nSPS) is 15.4. The molecule has 0 rings (SSSR count). The molecule has 0 saturated carbocycles. The maximum atomic E-state index is 12.7. The summed E-state index contributed by atoms with van der Waals surface area (Å²) in [6.45, 7) is 3.88. The Morgan fingerprint density at radius 1 is 1.04 bits per heavy atom. The van der Waals surface area contributed by atoms with Gasteiger partial charge in [0, 0.05) is 20.8 Å². The molecule has 0 aliphatic heterocycles. The van der Waals surface area contributed by atoms with Crippen LogP contribution >= 0.6 is 11.8 Å². The van der Waals surface area contributed by atoms with Crippen molar-refractivity contribution < 1.29 is 46.5 Å². The van der Waals surface area contributed by atoms with Gasteiger partial charge in [-0.1, -0.05) is 0 Å². The van der Waals surface area contributed by atoms with E-state index >= 15 is 0 Å². The lowest BCUT2D eigenvalue weighted by Gasteiger charge is -2.30. The van der Waals surface area contributed by atoms with Crippen LogP contribution in [-0.2, 0) is 33.3 Å². The largest absolute Gasteiger partial charge is 0.463 e. The lowest BCUT2D eigenvalue weighted by atomic mass is 10.1. The zero-order valence-electron chi connectivity index (χ0n) is 16.2. The lowest BCUT2D eigenvalue weighted by molar-refractivity contribution is -0.182. The second kappa shape index (κ2) is 12.6. The van der Waals surface area contributed by atoms with Gasteiger partial charge in [-0.25, -0.2) is 0 Å². The van der Waals surface area contributed by atoms with E-state index in [1.165, 1.54) is 13.2 Å². The van der Waals surface area contributed by atoms with E-state index in [2.05, 4.69) is 4.99 Å². The molecule has 162 valence electrons. The van der Waals surface area contributed by atoms with Crippen molar-refractivity contribution in [2.24, 2.45) is 4.99 Å². The summed E-state index contributed by atoms with van der Waals surface area (Å²) < 4.78 is 58.4. The third kappa shape index (κ3) is 11.1. The molecule has 0 aliphatic carbocycles. The van der Waals surface area contributed by atoms with Crippen molar-refractivity contribution in [1.29, 1.82) is 0 Å². The molecule has 0 amide bonds. The summed E-state index contributed by atoms with van der Waals surface area (Å²) in [5.74, 6) is -1.99. The van der Waals surface area contributed by atoms with Crippen molar-refractivity contribution in [3.63, 3.8) is 0 Å². The maximum absolute atomic E-state index is 12.7. The predicted octanol–water partition coefficient (Wildman–Crippen LogP) is 2.14. The van der Waals surface area contributed by atoms with Crippen LogP contribution in [0.2, 0.25) is 0 Å². The number of carbonyl (C=O) groups excluding carboxylic acids is 3. The highest BCUT2D eigenvalue weighted by Gasteiger charge is 2.35. The molecule has 0 aliphatic rings. The highest BCUT2D eigenvalue weighted by atomic mass is 32.2. The first kappa shape index (κ1) is 26.2. The fourth-order valence-electron chi connectivity index (χ4n) is 2.05. The Balaban J connectivity index is 5.23. The van der Waals surface area contributed by atoms with E-state index in [1.807, 2.05) is 0 Å². The number of rotatable bonds is 10. The summed E-state index contributed by atoms with van der Waals surface area (Å²) in [5.41, 5.74) is 0. The second-order valence-corrected chi connectivity index (χ2v) is 6.28.